The molecule has 1 heterocycles. The van der Waals surface area contributed by atoms with Crippen molar-refractivity contribution >= 4 is 40.9 Å². The number of halogens is 2. The third-order valence-corrected chi connectivity index (χ3v) is 5.98. The van der Waals surface area contributed by atoms with Crippen molar-refractivity contribution in [3.63, 3.8) is 0 Å². The number of rotatable bonds is 9. The van der Waals surface area contributed by atoms with Gasteiger partial charge in [0, 0.05) is 10.6 Å². The Hall–Kier alpha value is -3.88. The molecule has 1 aliphatic rings. The standard InChI is InChI=1S/C27H22ClFN2O5/c28-20-7-1-17(2-8-20)13-14-30-23-15-25(33)31(26(23)34)22-11-5-19(6-12-22)27(35)36-16-24(32)18-3-9-21(29)10-4-18/h1-12,23,30H,13-16H2. The number of hydrogen-bond acceptors (Lipinski definition) is 6. The molecule has 0 spiro atoms. The first-order valence-electron chi connectivity index (χ1n) is 11.2. The monoisotopic (exact) mass is 508 g/mol. The lowest BCUT2D eigenvalue weighted by molar-refractivity contribution is -0.121. The van der Waals surface area contributed by atoms with Crippen LogP contribution in [0.15, 0.2) is 72.8 Å². The minimum absolute atomic E-state index is 0.0364. The molecule has 0 radical (unpaired) electrons. The molecule has 0 aliphatic carbocycles. The number of amides is 2. The van der Waals surface area contributed by atoms with Crippen LogP contribution in [0.2, 0.25) is 5.02 Å². The zero-order valence-electron chi connectivity index (χ0n) is 19.1. The van der Waals surface area contributed by atoms with Gasteiger partial charge in [0.05, 0.1) is 23.7 Å². The Bertz CT molecular complexity index is 1280. The number of nitrogens with one attached hydrogen (secondary N) is 1. The van der Waals surface area contributed by atoms with E-state index in [2.05, 4.69) is 5.32 Å². The van der Waals surface area contributed by atoms with E-state index < -0.39 is 30.2 Å². The molecule has 36 heavy (non-hydrogen) atoms. The Kier molecular flexibility index (Phi) is 7.87. The van der Waals surface area contributed by atoms with Gasteiger partial charge in [-0.1, -0.05) is 23.7 Å². The molecule has 1 unspecified atom stereocenters. The SMILES string of the molecule is O=C(COC(=O)c1ccc(N2C(=O)CC(NCCc3ccc(Cl)cc3)C2=O)cc1)c1ccc(F)cc1. The quantitative estimate of drug-likeness (QED) is 0.267. The number of Topliss-reactive ketones (excluding diaryl/α,β-unsaturated/α-hetero) is 1. The normalized spacial score (nSPS) is 15.3. The van der Waals surface area contributed by atoms with Crippen LogP contribution in [0.4, 0.5) is 10.1 Å². The van der Waals surface area contributed by atoms with E-state index in [1.54, 1.807) is 12.1 Å². The lowest BCUT2D eigenvalue weighted by Gasteiger charge is -2.16. The number of hydrogen-bond donors (Lipinski definition) is 1. The van der Waals surface area contributed by atoms with Crippen molar-refractivity contribution in [2.45, 2.75) is 18.9 Å². The number of nitrogens with zero attached hydrogens (tertiary/aromatic N) is 1. The van der Waals surface area contributed by atoms with Crippen LogP contribution in [-0.2, 0) is 20.7 Å². The Morgan fingerprint density at radius 3 is 2.25 bits per heavy atom. The highest BCUT2D eigenvalue weighted by atomic mass is 35.5. The second-order valence-electron chi connectivity index (χ2n) is 8.21. The Labute approximate surface area is 211 Å². The fourth-order valence-corrected chi connectivity index (χ4v) is 3.91. The van der Waals surface area contributed by atoms with Gasteiger partial charge in [-0.05, 0) is 79.2 Å². The van der Waals surface area contributed by atoms with Crippen molar-refractivity contribution in [1.29, 1.82) is 0 Å². The summed E-state index contributed by atoms with van der Waals surface area (Å²) in [5.41, 5.74) is 1.78. The number of carbonyl (C=O) groups excluding carboxylic acids is 4. The molecule has 184 valence electrons. The number of imide groups is 1. The van der Waals surface area contributed by atoms with E-state index in [4.69, 9.17) is 16.3 Å². The van der Waals surface area contributed by atoms with Gasteiger partial charge in [0.2, 0.25) is 5.91 Å². The summed E-state index contributed by atoms with van der Waals surface area (Å²) in [6, 6.07) is 17.5. The third kappa shape index (κ3) is 6.02. The molecule has 0 bridgehead atoms. The van der Waals surface area contributed by atoms with E-state index in [9.17, 15) is 23.6 Å². The van der Waals surface area contributed by atoms with Gasteiger partial charge in [-0.15, -0.1) is 0 Å². The number of ketones is 1. The van der Waals surface area contributed by atoms with Crippen LogP contribution in [0.5, 0.6) is 0 Å². The summed E-state index contributed by atoms with van der Waals surface area (Å²) < 4.78 is 18.0. The molecule has 7 nitrogen and oxygen atoms in total. The van der Waals surface area contributed by atoms with Crippen LogP contribution < -0.4 is 10.2 Å². The molecular weight excluding hydrogens is 487 g/mol. The van der Waals surface area contributed by atoms with Crippen LogP contribution >= 0.6 is 11.6 Å². The predicted octanol–water partition coefficient (Wildman–Crippen LogP) is 3.98. The van der Waals surface area contributed by atoms with E-state index in [-0.39, 0.29) is 29.4 Å². The van der Waals surface area contributed by atoms with Crippen molar-refractivity contribution in [3.05, 3.63) is 100 Å². The third-order valence-electron chi connectivity index (χ3n) is 5.73. The van der Waals surface area contributed by atoms with Crippen LogP contribution in [0.25, 0.3) is 0 Å². The van der Waals surface area contributed by atoms with Gasteiger partial charge < -0.3 is 10.1 Å². The first kappa shape index (κ1) is 25.2. The molecule has 1 saturated heterocycles. The number of anilines is 1. The second-order valence-corrected chi connectivity index (χ2v) is 8.64. The predicted molar refractivity (Wildman–Crippen MR) is 132 cm³/mol. The van der Waals surface area contributed by atoms with Crippen LogP contribution in [-0.4, -0.2) is 42.8 Å². The fraction of sp³-hybridized carbons (Fsp3) is 0.185. The first-order valence-corrected chi connectivity index (χ1v) is 11.6. The molecule has 3 aromatic carbocycles. The van der Waals surface area contributed by atoms with Gasteiger partial charge in [-0.2, -0.15) is 0 Å². The van der Waals surface area contributed by atoms with E-state index in [0.717, 1.165) is 22.6 Å². The number of ether oxygens (including phenoxy) is 1. The highest BCUT2D eigenvalue weighted by molar-refractivity contribution is 6.30. The molecule has 0 aromatic heterocycles. The van der Waals surface area contributed by atoms with Gasteiger partial charge >= 0.3 is 5.97 Å². The van der Waals surface area contributed by atoms with Gasteiger partial charge in [0.15, 0.2) is 12.4 Å². The maximum absolute atomic E-state index is 13.0. The summed E-state index contributed by atoms with van der Waals surface area (Å²) >= 11 is 5.89. The topological polar surface area (TPSA) is 92.8 Å². The fourth-order valence-electron chi connectivity index (χ4n) is 3.78. The summed E-state index contributed by atoms with van der Waals surface area (Å²) in [6.07, 6.45) is 0.713. The highest BCUT2D eigenvalue weighted by Gasteiger charge is 2.39. The molecule has 1 N–H and O–H groups in total. The summed E-state index contributed by atoms with van der Waals surface area (Å²) in [5.74, 6) is -2.39. The van der Waals surface area contributed by atoms with Crippen molar-refractivity contribution in [2.75, 3.05) is 18.1 Å². The Balaban J connectivity index is 1.30. The average molecular weight is 509 g/mol. The van der Waals surface area contributed by atoms with Crippen LogP contribution in [0.1, 0.15) is 32.7 Å². The van der Waals surface area contributed by atoms with Gasteiger partial charge in [-0.3, -0.25) is 14.4 Å². The average Bonchev–Trinajstić information content (AvgIpc) is 3.16. The van der Waals surface area contributed by atoms with Crippen molar-refractivity contribution in [2.24, 2.45) is 0 Å². The zero-order chi connectivity index (χ0) is 25.7. The summed E-state index contributed by atoms with van der Waals surface area (Å²) in [6.45, 7) is 0.0132. The number of esters is 1. The zero-order valence-corrected chi connectivity index (χ0v) is 19.8. The van der Waals surface area contributed by atoms with E-state index in [0.29, 0.717) is 23.7 Å². The van der Waals surface area contributed by atoms with Crippen molar-refractivity contribution in [3.8, 4) is 0 Å². The lowest BCUT2D eigenvalue weighted by Crippen LogP contribution is -2.39. The minimum Gasteiger partial charge on any atom is -0.454 e. The number of carbonyl (C=O) groups is 4. The molecule has 4 rings (SSSR count). The summed E-state index contributed by atoms with van der Waals surface area (Å²) in [7, 11) is 0. The molecule has 1 atom stereocenters. The van der Waals surface area contributed by atoms with Crippen molar-refractivity contribution in [1.82, 2.24) is 5.32 Å². The largest absolute Gasteiger partial charge is 0.454 e. The van der Waals surface area contributed by atoms with Crippen molar-refractivity contribution < 1.29 is 28.3 Å². The second kappa shape index (κ2) is 11.2. The van der Waals surface area contributed by atoms with Gasteiger partial charge in [-0.25, -0.2) is 14.1 Å². The number of benzene rings is 3. The summed E-state index contributed by atoms with van der Waals surface area (Å²) in [4.78, 5) is 50.8. The molecule has 1 aliphatic heterocycles. The first-order chi connectivity index (χ1) is 17.3. The van der Waals surface area contributed by atoms with Gasteiger partial charge in [0.25, 0.3) is 5.91 Å². The van der Waals surface area contributed by atoms with E-state index >= 15 is 0 Å². The molecule has 2 amide bonds. The highest BCUT2D eigenvalue weighted by Crippen LogP contribution is 2.24. The Morgan fingerprint density at radius 1 is 0.944 bits per heavy atom. The van der Waals surface area contributed by atoms with E-state index in [1.807, 2.05) is 12.1 Å². The maximum Gasteiger partial charge on any atom is 0.338 e. The van der Waals surface area contributed by atoms with Gasteiger partial charge in [0.1, 0.15) is 5.82 Å². The smallest absolute Gasteiger partial charge is 0.338 e. The molecule has 9 heteroatoms. The summed E-state index contributed by atoms with van der Waals surface area (Å²) in [5, 5.41) is 3.78. The molecular formula is C27H22ClFN2O5. The van der Waals surface area contributed by atoms with E-state index in [1.165, 1.54) is 36.4 Å². The molecule has 0 saturated carbocycles. The Morgan fingerprint density at radius 2 is 1.58 bits per heavy atom. The molecule has 1 fully saturated rings. The van der Waals surface area contributed by atoms with Crippen LogP contribution in [0, 0.1) is 5.82 Å². The molecule has 3 aromatic rings. The lowest BCUT2D eigenvalue weighted by atomic mass is 10.1. The minimum atomic E-state index is -0.738. The maximum atomic E-state index is 13.0. The van der Waals surface area contributed by atoms with Crippen LogP contribution in [0.3, 0.4) is 0 Å².